The molecule has 2 aromatic carbocycles. The van der Waals surface area contributed by atoms with Crippen LogP contribution in [-0.4, -0.2) is 23.1 Å². The van der Waals surface area contributed by atoms with Crippen molar-refractivity contribution >= 4 is 16.9 Å². The summed E-state index contributed by atoms with van der Waals surface area (Å²) in [5, 5.41) is 0. The predicted octanol–water partition coefficient (Wildman–Crippen LogP) is 3.26. The fourth-order valence-corrected chi connectivity index (χ4v) is 3.15. The van der Waals surface area contributed by atoms with Gasteiger partial charge in [-0.15, -0.1) is 0 Å². The molecule has 2 heterocycles. The summed E-state index contributed by atoms with van der Waals surface area (Å²) in [6, 6.07) is 17.1. The number of hydrogen-bond acceptors (Lipinski definition) is 2. The van der Waals surface area contributed by atoms with Gasteiger partial charge in [0.1, 0.15) is 12.3 Å². The summed E-state index contributed by atoms with van der Waals surface area (Å²) in [4.78, 5) is 4.74. The van der Waals surface area contributed by atoms with Gasteiger partial charge in [-0.05, 0) is 36.2 Å². The summed E-state index contributed by atoms with van der Waals surface area (Å²) in [6.07, 6.45) is 2.11. The molecule has 0 amide bonds. The topological polar surface area (TPSA) is 30.4 Å². The maximum atomic E-state index is 5.83. The van der Waals surface area contributed by atoms with Crippen LogP contribution in [0.15, 0.2) is 59.9 Å². The number of nitrogens with zero attached hydrogens (tertiary/aromatic N) is 3. The van der Waals surface area contributed by atoms with Crippen molar-refractivity contribution in [3.8, 4) is 5.69 Å². The maximum absolute atomic E-state index is 5.83. The summed E-state index contributed by atoms with van der Waals surface area (Å²) in [7, 11) is 2.07. The Morgan fingerprint density at radius 1 is 1.17 bits per heavy atom. The van der Waals surface area contributed by atoms with Gasteiger partial charge in [0.05, 0.1) is 13.1 Å². The minimum Gasteiger partial charge on any atom is -0.475 e. The second-order valence-corrected chi connectivity index (χ2v) is 6.69. The molecule has 0 saturated carbocycles. The molecule has 0 radical (unpaired) electrons. The van der Waals surface area contributed by atoms with E-state index >= 15 is 0 Å². The van der Waals surface area contributed by atoms with Crippen LogP contribution in [0.25, 0.3) is 16.7 Å². The molecule has 1 atom stereocenters. The zero-order valence-corrected chi connectivity index (χ0v) is 14.3. The van der Waals surface area contributed by atoms with Crippen LogP contribution in [0.2, 0.25) is 0 Å². The van der Waals surface area contributed by atoms with Crippen LogP contribution in [0.5, 0.6) is 0 Å². The first-order valence-electron chi connectivity index (χ1n) is 8.40. The van der Waals surface area contributed by atoms with Crippen molar-refractivity contribution in [1.29, 1.82) is 0 Å². The minimum atomic E-state index is 0.258. The average Bonchev–Trinajstić information content (AvgIpc) is 3.21. The van der Waals surface area contributed by atoms with E-state index in [0.717, 1.165) is 17.1 Å². The predicted molar refractivity (Wildman–Crippen MR) is 95.6 cm³/mol. The first-order chi connectivity index (χ1) is 11.6. The number of aliphatic imine (C=N–C) groups is 1. The highest BCUT2D eigenvalue weighted by molar-refractivity contribution is 5.95. The van der Waals surface area contributed by atoms with Crippen LogP contribution in [0.1, 0.15) is 19.4 Å². The Labute approximate surface area is 142 Å². The van der Waals surface area contributed by atoms with E-state index in [-0.39, 0.29) is 6.04 Å². The second-order valence-electron chi connectivity index (χ2n) is 6.69. The molecule has 0 saturated heterocycles. The van der Waals surface area contributed by atoms with Gasteiger partial charge in [-0.1, -0.05) is 32.0 Å². The van der Waals surface area contributed by atoms with Gasteiger partial charge in [0, 0.05) is 5.56 Å². The van der Waals surface area contributed by atoms with Gasteiger partial charge in [0.25, 0.3) is 0 Å². The largest absolute Gasteiger partial charge is 0.475 e. The summed E-state index contributed by atoms with van der Waals surface area (Å²) < 4.78 is 10.2. The van der Waals surface area contributed by atoms with E-state index in [0.29, 0.717) is 12.5 Å². The fourth-order valence-electron chi connectivity index (χ4n) is 3.15. The molecule has 1 aromatic heterocycles. The summed E-state index contributed by atoms with van der Waals surface area (Å²) >= 11 is 0. The first-order valence-corrected chi connectivity index (χ1v) is 8.40. The van der Waals surface area contributed by atoms with Gasteiger partial charge in [0.2, 0.25) is 12.2 Å². The Kier molecular flexibility index (Phi) is 3.60. The van der Waals surface area contributed by atoms with Crippen molar-refractivity contribution in [2.45, 2.75) is 19.9 Å². The Hall–Kier alpha value is -2.62. The molecule has 0 spiro atoms. The summed E-state index contributed by atoms with van der Waals surface area (Å²) in [5.41, 5.74) is 4.54. The third kappa shape index (κ3) is 2.48. The molecule has 1 aliphatic rings. The van der Waals surface area contributed by atoms with Crippen LogP contribution >= 0.6 is 0 Å². The smallest absolute Gasteiger partial charge is 0.249 e. The minimum absolute atomic E-state index is 0.258. The Morgan fingerprint density at radius 3 is 2.79 bits per heavy atom. The molecule has 1 aliphatic heterocycles. The van der Waals surface area contributed by atoms with Crippen LogP contribution in [0, 0.1) is 5.92 Å². The number of hydrogen-bond donors (Lipinski definition) is 0. The Morgan fingerprint density at radius 2 is 2.00 bits per heavy atom. The molecule has 0 fully saturated rings. The van der Waals surface area contributed by atoms with E-state index in [9.17, 15) is 0 Å². The van der Waals surface area contributed by atoms with Gasteiger partial charge in [-0.25, -0.2) is 9.56 Å². The number of para-hydroxylation sites is 2. The molecule has 0 bridgehead atoms. The average molecular weight is 320 g/mol. The lowest BCUT2D eigenvalue weighted by molar-refractivity contribution is -0.645. The summed E-state index contributed by atoms with van der Waals surface area (Å²) in [5.74, 6) is 1.26. The van der Waals surface area contributed by atoms with Gasteiger partial charge in [-0.3, -0.25) is 0 Å². The lowest BCUT2D eigenvalue weighted by Crippen LogP contribution is -2.25. The number of benzene rings is 2. The lowest BCUT2D eigenvalue weighted by Gasteiger charge is -2.06. The van der Waals surface area contributed by atoms with E-state index < -0.39 is 0 Å². The first kappa shape index (κ1) is 14.9. The van der Waals surface area contributed by atoms with E-state index in [2.05, 4.69) is 84.9 Å². The molecule has 3 aromatic rings. The van der Waals surface area contributed by atoms with Crippen molar-refractivity contribution in [2.24, 2.45) is 18.0 Å². The molecule has 0 N–H and O–H groups in total. The molecular formula is C20H22N3O+. The van der Waals surface area contributed by atoms with Crippen molar-refractivity contribution in [3.63, 3.8) is 0 Å². The van der Waals surface area contributed by atoms with E-state index in [1.54, 1.807) is 0 Å². The quantitative estimate of drug-likeness (QED) is 0.681. The van der Waals surface area contributed by atoms with Crippen LogP contribution in [0.4, 0.5) is 0 Å². The molecule has 122 valence electrons. The summed E-state index contributed by atoms with van der Waals surface area (Å²) in [6.45, 7) is 5.05. The molecule has 1 unspecified atom stereocenters. The number of aryl methyl sites for hydroxylation is 1. The Bertz CT molecular complexity index is 924. The third-order valence-corrected chi connectivity index (χ3v) is 4.62. The third-order valence-electron chi connectivity index (χ3n) is 4.62. The van der Waals surface area contributed by atoms with Crippen LogP contribution in [-0.2, 0) is 11.8 Å². The van der Waals surface area contributed by atoms with Crippen LogP contribution in [0.3, 0.4) is 0 Å². The van der Waals surface area contributed by atoms with Crippen molar-refractivity contribution in [1.82, 2.24) is 4.57 Å². The van der Waals surface area contributed by atoms with Crippen molar-refractivity contribution in [3.05, 3.63) is 60.4 Å². The highest BCUT2D eigenvalue weighted by Gasteiger charge is 2.23. The van der Waals surface area contributed by atoms with E-state index in [1.807, 2.05) is 0 Å². The number of aromatic nitrogens is 2. The van der Waals surface area contributed by atoms with E-state index in [1.165, 1.54) is 11.0 Å². The number of ether oxygens (including phenoxy) is 1. The number of rotatable bonds is 3. The molecular weight excluding hydrogens is 298 g/mol. The Balaban J connectivity index is 1.77. The molecule has 4 nitrogen and oxygen atoms in total. The standard InChI is InChI=1S/C20H22N3O/c1-14(2)17-12-24-20(21-17)15-7-6-8-16(11-15)23-13-22(3)18-9-4-5-10-19(18)23/h4-11,13-14,17H,12H2,1-3H3/q+1. The van der Waals surface area contributed by atoms with Crippen LogP contribution < -0.4 is 4.57 Å². The van der Waals surface area contributed by atoms with Gasteiger partial charge >= 0.3 is 0 Å². The van der Waals surface area contributed by atoms with Crippen molar-refractivity contribution in [2.75, 3.05) is 6.61 Å². The normalized spacial score (nSPS) is 17.3. The van der Waals surface area contributed by atoms with Gasteiger partial charge in [-0.2, -0.15) is 4.57 Å². The van der Waals surface area contributed by atoms with E-state index in [4.69, 9.17) is 9.73 Å². The highest BCUT2D eigenvalue weighted by Crippen LogP contribution is 2.21. The second kappa shape index (κ2) is 5.78. The molecule has 0 aliphatic carbocycles. The lowest BCUT2D eigenvalue weighted by atomic mass is 10.1. The number of imidazole rings is 1. The molecule has 24 heavy (non-hydrogen) atoms. The maximum Gasteiger partial charge on any atom is 0.249 e. The molecule has 4 rings (SSSR count). The highest BCUT2D eigenvalue weighted by atomic mass is 16.5. The zero-order valence-electron chi connectivity index (χ0n) is 14.3. The molecule has 4 heteroatoms. The number of fused-ring (bicyclic) bond motifs is 1. The van der Waals surface area contributed by atoms with Crippen molar-refractivity contribution < 1.29 is 9.30 Å². The zero-order chi connectivity index (χ0) is 16.7. The van der Waals surface area contributed by atoms with Gasteiger partial charge < -0.3 is 4.74 Å². The fraction of sp³-hybridized carbons (Fsp3) is 0.300. The van der Waals surface area contributed by atoms with Gasteiger partial charge in [0.15, 0.2) is 11.0 Å². The SMILES string of the molecule is CC(C)C1COC(c2cccc(-n3c[n+](C)c4ccccc43)c2)=N1. The monoisotopic (exact) mass is 320 g/mol.